The second-order valence-corrected chi connectivity index (χ2v) is 6.25. The molecule has 1 aromatic carbocycles. The Hall–Kier alpha value is -2.14. The number of nitrogens with two attached hydrogens (primary N) is 1. The summed E-state index contributed by atoms with van der Waals surface area (Å²) in [6.07, 6.45) is 5.62. The van der Waals surface area contributed by atoms with Crippen LogP contribution in [0.25, 0.3) is 0 Å². The summed E-state index contributed by atoms with van der Waals surface area (Å²) in [5.41, 5.74) is 7.48. The molecule has 5 nitrogen and oxygen atoms in total. The Balaban J connectivity index is 2.20. The molecule has 0 radical (unpaired) electrons. The Morgan fingerprint density at radius 1 is 1.35 bits per heavy atom. The van der Waals surface area contributed by atoms with Crippen molar-refractivity contribution in [1.29, 1.82) is 0 Å². The molecule has 1 saturated heterocycles. The number of hydrogen-bond acceptors (Lipinski definition) is 3. The van der Waals surface area contributed by atoms with Crippen LogP contribution in [0.5, 0.6) is 0 Å². The lowest BCUT2D eigenvalue weighted by Gasteiger charge is -2.52. The third kappa shape index (κ3) is 2.45. The second kappa shape index (κ2) is 6.16. The van der Waals surface area contributed by atoms with Gasteiger partial charge in [0, 0.05) is 20.1 Å². The smallest absolute Gasteiger partial charge is 0.227 e. The zero-order valence-corrected chi connectivity index (χ0v) is 13.8. The van der Waals surface area contributed by atoms with Crippen molar-refractivity contribution in [3.63, 3.8) is 0 Å². The number of primary amides is 1. The van der Waals surface area contributed by atoms with Crippen molar-refractivity contribution in [1.82, 2.24) is 14.5 Å². The van der Waals surface area contributed by atoms with Gasteiger partial charge < -0.3 is 10.3 Å². The highest BCUT2D eigenvalue weighted by Gasteiger charge is 2.50. The number of imidazole rings is 1. The highest BCUT2D eigenvalue weighted by molar-refractivity contribution is 5.84. The first-order valence-corrected chi connectivity index (χ1v) is 8.17. The zero-order valence-electron chi connectivity index (χ0n) is 13.8. The lowest BCUT2D eigenvalue weighted by Crippen LogP contribution is -2.59. The van der Waals surface area contributed by atoms with Crippen LogP contribution in [0.1, 0.15) is 36.9 Å². The van der Waals surface area contributed by atoms with Crippen LogP contribution in [0, 0.1) is 0 Å². The maximum Gasteiger partial charge on any atom is 0.227 e. The first kappa shape index (κ1) is 15.7. The zero-order chi connectivity index (χ0) is 16.4. The Kier molecular flexibility index (Phi) is 4.22. The number of aryl methyl sites for hydroxylation is 1. The van der Waals surface area contributed by atoms with Gasteiger partial charge in [-0.2, -0.15) is 0 Å². The molecule has 122 valence electrons. The molecule has 1 aromatic heterocycles. The Bertz CT molecular complexity index is 677. The van der Waals surface area contributed by atoms with Gasteiger partial charge in [0.1, 0.15) is 0 Å². The summed E-state index contributed by atoms with van der Waals surface area (Å²) >= 11 is 0. The molecule has 2 unspecified atom stereocenters. The monoisotopic (exact) mass is 312 g/mol. The molecule has 0 aliphatic carbocycles. The fraction of sp³-hybridized carbons (Fsp3) is 0.444. The number of nitrogens with zero attached hydrogens (tertiary/aromatic N) is 3. The molecule has 23 heavy (non-hydrogen) atoms. The van der Waals surface area contributed by atoms with E-state index in [0.29, 0.717) is 0 Å². The Morgan fingerprint density at radius 3 is 2.48 bits per heavy atom. The molecule has 2 heterocycles. The first-order chi connectivity index (χ1) is 11.1. The summed E-state index contributed by atoms with van der Waals surface area (Å²) in [5, 5.41) is 0. The maximum atomic E-state index is 12.5. The second-order valence-electron chi connectivity index (χ2n) is 6.25. The van der Waals surface area contributed by atoms with Gasteiger partial charge in [-0.15, -0.1) is 0 Å². The molecule has 0 bridgehead atoms. The van der Waals surface area contributed by atoms with E-state index in [1.54, 1.807) is 6.33 Å². The fourth-order valence-electron chi connectivity index (χ4n) is 3.91. The van der Waals surface area contributed by atoms with E-state index in [4.69, 9.17) is 5.73 Å². The van der Waals surface area contributed by atoms with Crippen LogP contribution in [0.2, 0.25) is 0 Å². The molecule has 0 saturated carbocycles. The third-order valence-corrected chi connectivity index (χ3v) is 5.11. The van der Waals surface area contributed by atoms with Crippen LogP contribution >= 0.6 is 0 Å². The van der Waals surface area contributed by atoms with E-state index in [9.17, 15) is 4.79 Å². The highest BCUT2D eigenvalue weighted by Crippen LogP contribution is 2.46. The van der Waals surface area contributed by atoms with Crippen molar-refractivity contribution >= 4 is 5.91 Å². The average Bonchev–Trinajstić information content (AvgIpc) is 2.91. The largest absolute Gasteiger partial charge is 0.369 e. The predicted molar refractivity (Wildman–Crippen MR) is 89.7 cm³/mol. The van der Waals surface area contributed by atoms with E-state index in [1.807, 2.05) is 48.1 Å². The SMILES string of the molecule is CCC(c1cncn1C)(C(C(N)=O)c1ccccc1)N1CCC1. The van der Waals surface area contributed by atoms with E-state index in [-0.39, 0.29) is 5.91 Å². The van der Waals surface area contributed by atoms with Crippen molar-refractivity contribution in [3.05, 3.63) is 54.1 Å². The maximum absolute atomic E-state index is 12.5. The average molecular weight is 312 g/mol. The summed E-state index contributed by atoms with van der Waals surface area (Å²) in [4.78, 5) is 19.2. The minimum Gasteiger partial charge on any atom is -0.369 e. The van der Waals surface area contributed by atoms with Gasteiger partial charge in [0.2, 0.25) is 5.91 Å². The number of aromatic nitrogens is 2. The first-order valence-electron chi connectivity index (χ1n) is 8.17. The quantitative estimate of drug-likeness (QED) is 0.887. The van der Waals surface area contributed by atoms with Gasteiger partial charge in [0.05, 0.1) is 29.7 Å². The number of hydrogen-bond donors (Lipinski definition) is 1. The van der Waals surface area contributed by atoms with E-state index in [0.717, 1.165) is 37.2 Å². The van der Waals surface area contributed by atoms with Crippen molar-refractivity contribution in [2.75, 3.05) is 13.1 Å². The fourth-order valence-corrected chi connectivity index (χ4v) is 3.91. The summed E-state index contributed by atoms with van der Waals surface area (Å²) in [6.45, 7) is 4.09. The minimum absolute atomic E-state index is 0.286. The van der Waals surface area contributed by atoms with Gasteiger partial charge in [0.25, 0.3) is 0 Å². The molecular formula is C18H24N4O. The standard InChI is InChI=1S/C18H24N4O/c1-3-18(22-10-7-11-22,15-12-20-13-21(15)2)16(17(19)23)14-8-5-4-6-9-14/h4-6,8-9,12-13,16H,3,7,10-11H2,1-2H3,(H2,19,23). The summed E-state index contributed by atoms with van der Waals surface area (Å²) in [5.74, 6) is -0.685. The molecule has 5 heteroatoms. The highest BCUT2D eigenvalue weighted by atomic mass is 16.1. The molecule has 0 spiro atoms. The van der Waals surface area contributed by atoms with Gasteiger partial charge >= 0.3 is 0 Å². The Morgan fingerprint density at radius 2 is 2.04 bits per heavy atom. The van der Waals surface area contributed by atoms with Crippen LogP contribution in [0.4, 0.5) is 0 Å². The van der Waals surface area contributed by atoms with E-state index >= 15 is 0 Å². The predicted octanol–water partition coefficient (Wildman–Crippen LogP) is 2.00. The van der Waals surface area contributed by atoms with Gasteiger partial charge in [-0.25, -0.2) is 4.98 Å². The normalized spacial score (nSPS) is 18.9. The van der Waals surface area contributed by atoms with E-state index in [2.05, 4.69) is 16.8 Å². The molecular weight excluding hydrogens is 288 g/mol. The molecule has 2 aromatic rings. The van der Waals surface area contributed by atoms with Gasteiger partial charge in [-0.05, 0) is 18.4 Å². The molecule has 1 amide bonds. The number of amides is 1. The van der Waals surface area contributed by atoms with Gasteiger partial charge in [0.15, 0.2) is 0 Å². The summed E-state index contributed by atoms with van der Waals surface area (Å²) < 4.78 is 2.01. The molecule has 1 aliphatic rings. The topological polar surface area (TPSA) is 64.2 Å². The van der Waals surface area contributed by atoms with Crippen molar-refractivity contribution < 1.29 is 4.79 Å². The number of rotatable bonds is 6. The van der Waals surface area contributed by atoms with Crippen LogP contribution in [-0.2, 0) is 17.4 Å². The number of benzene rings is 1. The Labute approximate surface area is 137 Å². The van der Waals surface area contributed by atoms with Crippen molar-refractivity contribution in [3.8, 4) is 0 Å². The van der Waals surface area contributed by atoms with Crippen molar-refractivity contribution in [2.45, 2.75) is 31.2 Å². The number of carbonyl (C=O) groups is 1. The van der Waals surface area contributed by atoms with Crippen LogP contribution in [0.15, 0.2) is 42.9 Å². The van der Waals surface area contributed by atoms with E-state index in [1.165, 1.54) is 0 Å². The van der Waals surface area contributed by atoms with Crippen molar-refractivity contribution in [2.24, 2.45) is 12.8 Å². The van der Waals surface area contributed by atoms with Crippen LogP contribution < -0.4 is 5.73 Å². The summed E-state index contributed by atoms with van der Waals surface area (Å²) in [6, 6.07) is 9.88. The third-order valence-electron chi connectivity index (χ3n) is 5.11. The molecule has 2 atom stereocenters. The molecule has 1 aliphatic heterocycles. The van der Waals surface area contributed by atoms with Gasteiger partial charge in [-0.1, -0.05) is 37.3 Å². The van der Waals surface area contributed by atoms with Gasteiger partial charge in [-0.3, -0.25) is 9.69 Å². The molecule has 1 fully saturated rings. The number of carbonyl (C=O) groups excluding carboxylic acids is 1. The molecule has 2 N–H and O–H groups in total. The van der Waals surface area contributed by atoms with Crippen LogP contribution in [0.3, 0.4) is 0 Å². The number of likely N-dealkylation sites (tertiary alicyclic amines) is 1. The summed E-state index contributed by atoms with van der Waals surface area (Å²) in [7, 11) is 1.98. The minimum atomic E-state index is -0.448. The molecule has 3 rings (SSSR count). The lowest BCUT2D eigenvalue weighted by molar-refractivity contribution is -0.126. The lowest BCUT2D eigenvalue weighted by atomic mass is 9.72. The van der Waals surface area contributed by atoms with Crippen LogP contribution in [-0.4, -0.2) is 33.4 Å². The van der Waals surface area contributed by atoms with E-state index < -0.39 is 11.5 Å².